The Morgan fingerprint density at radius 3 is 2.73 bits per heavy atom. The molecule has 3 nitrogen and oxygen atoms in total. The van der Waals surface area contributed by atoms with Crippen molar-refractivity contribution >= 4 is 21.8 Å². The lowest BCUT2D eigenvalue weighted by Crippen LogP contribution is -2.53. The van der Waals surface area contributed by atoms with Crippen molar-refractivity contribution in [3.8, 4) is 0 Å². The van der Waals surface area contributed by atoms with E-state index in [-0.39, 0.29) is 24.6 Å². The highest BCUT2D eigenvalue weighted by atomic mass is 79.9. The van der Waals surface area contributed by atoms with Crippen LogP contribution in [0.2, 0.25) is 0 Å². The van der Waals surface area contributed by atoms with Crippen LogP contribution < -0.4 is 0 Å². The van der Waals surface area contributed by atoms with Gasteiger partial charge >= 0.3 is 0 Å². The van der Waals surface area contributed by atoms with Crippen LogP contribution in [0.3, 0.4) is 0 Å². The molecule has 1 fully saturated rings. The van der Waals surface area contributed by atoms with Gasteiger partial charge in [0, 0.05) is 17.6 Å². The Labute approximate surface area is 94.6 Å². The van der Waals surface area contributed by atoms with E-state index in [4.69, 9.17) is 5.11 Å². The maximum atomic E-state index is 13.4. The summed E-state index contributed by atoms with van der Waals surface area (Å²) in [6.07, 6.45) is -0.473. The Balaban J connectivity index is 2.26. The molecule has 5 heteroatoms. The summed E-state index contributed by atoms with van der Waals surface area (Å²) < 4.78 is 13.8. The molecule has 0 spiro atoms. The Hall–Kier alpha value is -0.940. The number of rotatable bonds is 1. The van der Waals surface area contributed by atoms with E-state index in [2.05, 4.69) is 15.9 Å². The quantitative estimate of drug-likeness (QED) is 0.841. The molecular formula is C10H9BrFNO2. The third-order valence-electron chi connectivity index (χ3n) is 2.33. The molecule has 1 aromatic rings. The molecule has 80 valence electrons. The highest BCUT2D eigenvalue weighted by Gasteiger charge is 2.31. The predicted molar refractivity (Wildman–Crippen MR) is 56.0 cm³/mol. The fourth-order valence-corrected chi connectivity index (χ4v) is 1.99. The normalized spacial score (nSPS) is 16.3. The fourth-order valence-electron chi connectivity index (χ4n) is 1.48. The van der Waals surface area contributed by atoms with Gasteiger partial charge in [-0.25, -0.2) is 4.39 Å². The van der Waals surface area contributed by atoms with Gasteiger partial charge in [-0.1, -0.05) is 6.07 Å². The van der Waals surface area contributed by atoms with Gasteiger partial charge in [0.2, 0.25) is 0 Å². The largest absolute Gasteiger partial charge is 0.389 e. The lowest BCUT2D eigenvalue weighted by Gasteiger charge is -2.36. The molecule has 1 amide bonds. The van der Waals surface area contributed by atoms with E-state index < -0.39 is 11.9 Å². The SMILES string of the molecule is O=C(c1c(F)cccc1Br)N1CC(O)C1. The Morgan fingerprint density at radius 1 is 1.53 bits per heavy atom. The molecule has 0 bridgehead atoms. The van der Waals surface area contributed by atoms with E-state index >= 15 is 0 Å². The zero-order chi connectivity index (χ0) is 11.0. The van der Waals surface area contributed by atoms with Crippen LogP contribution in [0.5, 0.6) is 0 Å². The van der Waals surface area contributed by atoms with Crippen molar-refractivity contribution in [2.45, 2.75) is 6.10 Å². The van der Waals surface area contributed by atoms with Crippen LogP contribution in [0.25, 0.3) is 0 Å². The minimum atomic E-state index is -0.546. The number of carbonyl (C=O) groups excluding carboxylic acids is 1. The second-order valence-electron chi connectivity index (χ2n) is 3.46. The smallest absolute Gasteiger partial charge is 0.258 e. The monoisotopic (exact) mass is 273 g/mol. The standard InChI is InChI=1S/C10H9BrFNO2/c11-7-2-1-3-8(12)9(7)10(15)13-4-6(14)5-13/h1-3,6,14H,4-5H2. The van der Waals surface area contributed by atoms with E-state index in [0.717, 1.165) is 0 Å². The van der Waals surface area contributed by atoms with E-state index in [1.807, 2.05) is 0 Å². The summed E-state index contributed by atoms with van der Waals surface area (Å²) in [6.45, 7) is 0.555. The molecule has 0 atom stereocenters. The number of hydrogen-bond acceptors (Lipinski definition) is 2. The number of aliphatic hydroxyl groups is 1. The van der Waals surface area contributed by atoms with E-state index in [0.29, 0.717) is 4.47 Å². The van der Waals surface area contributed by atoms with Crippen LogP contribution in [0, 0.1) is 5.82 Å². The second kappa shape index (κ2) is 3.90. The maximum absolute atomic E-state index is 13.4. The van der Waals surface area contributed by atoms with Gasteiger partial charge in [0.15, 0.2) is 0 Å². The van der Waals surface area contributed by atoms with Gasteiger partial charge in [-0.05, 0) is 28.1 Å². The molecule has 1 N–H and O–H groups in total. The van der Waals surface area contributed by atoms with Gasteiger partial charge in [0.05, 0.1) is 11.7 Å². The molecule has 0 aromatic heterocycles. The molecule has 0 aliphatic carbocycles. The van der Waals surface area contributed by atoms with Crippen molar-refractivity contribution in [2.24, 2.45) is 0 Å². The summed E-state index contributed by atoms with van der Waals surface area (Å²) in [7, 11) is 0. The van der Waals surface area contributed by atoms with Crippen molar-refractivity contribution in [2.75, 3.05) is 13.1 Å². The molecule has 15 heavy (non-hydrogen) atoms. The number of hydrogen-bond donors (Lipinski definition) is 1. The average Bonchev–Trinajstić information content (AvgIpc) is 2.12. The fraction of sp³-hybridized carbons (Fsp3) is 0.300. The molecule has 1 saturated heterocycles. The van der Waals surface area contributed by atoms with Crippen molar-refractivity contribution < 1.29 is 14.3 Å². The van der Waals surface area contributed by atoms with Crippen LogP contribution in [-0.2, 0) is 0 Å². The molecular weight excluding hydrogens is 265 g/mol. The van der Waals surface area contributed by atoms with Crippen molar-refractivity contribution in [3.05, 3.63) is 34.1 Å². The predicted octanol–water partition coefficient (Wildman–Crippen LogP) is 1.40. The first kappa shape index (κ1) is 10.6. The summed E-state index contributed by atoms with van der Waals surface area (Å²) in [6, 6.07) is 4.39. The summed E-state index contributed by atoms with van der Waals surface area (Å²) >= 11 is 3.13. The van der Waals surface area contributed by atoms with Gasteiger partial charge in [-0.15, -0.1) is 0 Å². The number of halogens is 2. The number of β-amino-alcohol motifs (C(OH)–C–C–N with tert-alkyl or cyclic N) is 1. The number of amides is 1. The molecule has 0 radical (unpaired) electrons. The highest BCUT2D eigenvalue weighted by molar-refractivity contribution is 9.10. The van der Waals surface area contributed by atoms with Gasteiger partial charge in [-0.2, -0.15) is 0 Å². The molecule has 2 rings (SSSR count). The summed E-state index contributed by atoms with van der Waals surface area (Å²) in [5.74, 6) is -0.930. The molecule has 1 aromatic carbocycles. The lowest BCUT2D eigenvalue weighted by molar-refractivity contribution is 0.00552. The van der Waals surface area contributed by atoms with Gasteiger partial charge in [-0.3, -0.25) is 4.79 Å². The van der Waals surface area contributed by atoms with E-state index in [1.165, 1.54) is 17.0 Å². The van der Waals surface area contributed by atoms with Crippen molar-refractivity contribution in [3.63, 3.8) is 0 Å². The molecule has 1 aliphatic rings. The lowest BCUT2D eigenvalue weighted by atomic mass is 10.1. The molecule has 1 heterocycles. The Kier molecular flexibility index (Phi) is 2.75. The summed E-state index contributed by atoms with van der Waals surface area (Å²) in [5, 5.41) is 9.05. The van der Waals surface area contributed by atoms with Gasteiger partial charge in [0.25, 0.3) is 5.91 Å². The second-order valence-corrected chi connectivity index (χ2v) is 4.31. The molecule has 1 aliphatic heterocycles. The van der Waals surface area contributed by atoms with E-state index in [9.17, 15) is 9.18 Å². The third-order valence-corrected chi connectivity index (χ3v) is 2.99. The molecule has 0 saturated carbocycles. The first-order valence-electron chi connectivity index (χ1n) is 4.51. The van der Waals surface area contributed by atoms with Crippen molar-refractivity contribution in [1.29, 1.82) is 0 Å². The minimum Gasteiger partial charge on any atom is -0.389 e. The number of likely N-dealkylation sites (tertiary alicyclic amines) is 1. The first-order chi connectivity index (χ1) is 7.09. The van der Waals surface area contributed by atoms with Crippen LogP contribution >= 0.6 is 15.9 Å². The number of carbonyl (C=O) groups is 1. The highest BCUT2D eigenvalue weighted by Crippen LogP contribution is 2.23. The number of benzene rings is 1. The Morgan fingerprint density at radius 2 is 2.20 bits per heavy atom. The Bertz CT molecular complexity index is 384. The number of aliphatic hydroxyl groups excluding tert-OH is 1. The van der Waals surface area contributed by atoms with Gasteiger partial charge < -0.3 is 10.0 Å². The topological polar surface area (TPSA) is 40.5 Å². The zero-order valence-corrected chi connectivity index (χ0v) is 9.37. The average molecular weight is 274 g/mol. The zero-order valence-electron chi connectivity index (χ0n) is 7.78. The van der Waals surface area contributed by atoms with Crippen LogP contribution in [0.15, 0.2) is 22.7 Å². The van der Waals surface area contributed by atoms with Gasteiger partial charge in [0.1, 0.15) is 5.82 Å². The molecule has 0 unspecified atom stereocenters. The number of nitrogens with zero attached hydrogens (tertiary/aromatic N) is 1. The maximum Gasteiger partial charge on any atom is 0.258 e. The minimum absolute atomic E-state index is 0.0319. The van der Waals surface area contributed by atoms with Crippen LogP contribution in [-0.4, -0.2) is 35.1 Å². The van der Waals surface area contributed by atoms with Crippen molar-refractivity contribution in [1.82, 2.24) is 4.90 Å². The van der Waals surface area contributed by atoms with Crippen LogP contribution in [0.1, 0.15) is 10.4 Å². The summed E-state index contributed by atoms with van der Waals surface area (Å²) in [4.78, 5) is 13.2. The summed E-state index contributed by atoms with van der Waals surface area (Å²) in [5.41, 5.74) is 0.0319. The third kappa shape index (κ3) is 1.89. The first-order valence-corrected chi connectivity index (χ1v) is 5.30. The van der Waals surface area contributed by atoms with E-state index in [1.54, 1.807) is 6.07 Å². The van der Waals surface area contributed by atoms with Crippen LogP contribution in [0.4, 0.5) is 4.39 Å².